The highest BCUT2D eigenvalue weighted by Gasteiger charge is 2.21. The van der Waals surface area contributed by atoms with Gasteiger partial charge in [0.05, 0.1) is 0 Å². The molecule has 2 aromatic carbocycles. The molecule has 0 spiro atoms. The highest BCUT2D eigenvalue weighted by Crippen LogP contribution is 2.17. The van der Waals surface area contributed by atoms with Gasteiger partial charge in [-0.3, -0.25) is 19.4 Å². The fourth-order valence-corrected chi connectivity index (χ4v) is 6.05. The summed E-state index contributed by atoms with van der Waals surface area (Å²) in [5, 5.41) is 0. The third-order valence-electron chi connectivity index (χ3n) is 9.49. The summed E-state index contributed by atoms with van der Waals surface area (Å²) in [4.78, 5) is 34.2. The van der Waals surface area contributed by atoms with Gasteiger partial charge in [-0.05, 0) is 106 Å². The lowest BCUT2D eigenvalue weighted by atomic mass is 10.0. The Balaban J connectivity index is 0.00000384. The normalized spacial score (nSPS) is 16.4. The molecule has 0 radical (unpaired) electrons. The van der Waals surface area contributed by atoms with Crippen LogP contribution < -0.4 is 0 Å². The SMILES string of the molecule is Cc1cc(/C=C/C=C/C(=O)N2CCN(CCCN3CCN(C(=O)/C=C/C=C/c4cc(C)c(C)c(C)c4)CC3)CC2)cc(C)c1C.Cl.Cl. The van der Waals surface area contributed by atoms with Crippen molar-refractivity contribution >= 4 is 48.8 Å². The van der Waals surface area contributed by atoms with Crippen molar-refractivity contribution in [2.75, 3.05) is 65.4 Å². The molecule has 2 heterocycles. The van der Waals surface area contributed by atoms with Crippen LogP contribution >= 0.6 is 24.8 Å². The van der Waals surface area contributed by atoms with E-state index in [1.54, 1.807) is 12.2 Å². The van der Waals surface area contributed by atoms with E-state index in [0.29, 0.717) is 0 Å². The molecular formula is C39H54Cl2N4O2. The van der Waals surface area contributed by atoms with Crippen LogP contribution in [0.2, 0.25) is 0 Å². The summed E-state index contributed by atoms with van der Waals surface area (Å²) < 4.78 is 0. The van der Waals surface area contributed by atoms with Crippen LogP contribution in [0, 0.1) is 41.5 Å². The van der Waals surface area contributed by atoms with Crippen molar-refractivity contribution in [3.63, 3.8) is 0 Å². The molecule has 2 saturated heterocycles. The first-order valence-electron chi connectivity index (χ1n) is 16.5. The van der Waals surface area contributed by atoms with E-state index in [9.17, 15) is 9.59 Å². The number of carbonyl (C=O) groups is 2. The van der Waals surface area contributed by atoms with Gasteiger partial charge in [0.2, 0.25) is 11.8 Å². The number of piperazine rings is 2. The van der Waals surface area contributed by atoms with Gasteiger partial charge in [-0.15, -0.1) is 24.8 Å². The van der Waals surface area contributed by atoms with Gasteiger partial charge in [0, 0.05) is 64.5 Å². The molecule has 2 amide bonds. The standard InChI is InChI=1S/C39H52N4O2.2ClH/c1-30-26-36(27-31(2)34(30)5)12-7-9-14-38(44)42-22-18-40(19-23-42)16-11-17-41-20-24-43(25-21-41)39(45)15-10-8-13-37-28-32(3)35(6)33(4)29-37;;/h7-10,12-15,26-29H,11,16-25H2,1-6H3;2*1H/b12-7+,13-8+,14-9+,15-10+;;. The minimum atomic E-state index is 0. The first-order chi connectivity index (χ1) is 21.6. The van der Waals surface area contributed by atoms with Crippen LogP contribution in [0.1, 0.15) is 50.9 Å². The number of halogens is 2. The lowest BCUT2D eigenvalue weighted by Gasteiger charge is -2.36. The van der Waals surface area contributed by atoms with E-state index in [1.165, 1.54) is 33.4 Å². The van der Waals surface area contributed by atoms with Crippen LogP contribution in [0.25, 0.3) is 12.2 Å². The molecule has 4 rings (SSSR count). The molecule has 0 aromatic heterocycles. The molecule has 256 valence electrons. The maximum absolute atomic E-state index is 12.7. The monoisotopic (exact) mass is 680 g/mol. The van der Waals surface area contributed by atoms with Crippen molar-refractivity contribution < 1.29 is 9.59 Å². The zero-order valence-corrected chi connectivity index (χ0v) is 30.8. The summed E-state index contributed by atoms with van der Waals surface area (Å²) in [7, 11) is 0. The fraction of sp³-hybridized carbons (Fsp3) is 0.436. The number of rotatable bonds is 10. The van der Waals surface area contributed by atoms with Gasteiger partial charge in [0.1, 0.15) is 0 Å². The number of allylic oxidation sites excluding steroid dienone is 4. The van der Waals surface area contributed by atoms with Crippen molar-refractivity contribution in [2.45, 2.75) is 48.0 Å². The number of amides is 2. The van der Waals surface area contributed by atoms with E-state index < -0.39 is 0 Å². The van der Waals surface area contributed by atoms with E-state index in [0.717, 1.165) is 83.0 Å². The van der Waals surface area contributed by atoms with E-state index in [-0.39, 0.29) is 36.6 Å². The maximum atomic E-state index is 12.7. The Bertz CT molecular complexity index is 1310. The van der Waals surface area contributed by atoms with Crippen LogP contribution in [0.15, 0.2) is 60.7 Å². The predicted molar refractivity (Wildman–Crippen MR) is 203 cm³/mol. The quantitative estimate of drug-likeness (QED) is 0.202. The second-order valence-corrected chi connectivity index (χ2v) is 12.7. The van der Waals surface area contributed by atoms with Crippen LogP contribution in [0.4, 0.5) is 0 Å². The number of hydrogen-bond donors (Lipinski definition) is 0. The topological polar surface area (TPSA) is 47.1 Å². The molecule has 6 nitrogen and oxygen atoms in total. The zero-order chi connectivity index (χ0) is 32.3. The van der Waals surface area contributed by atoms with Gasteiger partial charge >= 0.3 is 0 Å². The van der Waals surface area contributed by atoms with Crippen LogP contribution in [-0.4, -0.2) is 96.9 Å². The van der Waals surface area contributed by atoms with E-state index in [4.69, 9.17) is 0 Å². The van der Waals surface area contributed by atoms with E-state index in [2.05, 4.69) is 87.8 Å². The van der Waals surface area contributed by atoms with Crippen molar-refractivity contribution in [3.05, 3.63) is 105 Å². The first kappa shape index (κ1) is 40.0. The third-order valence-corrected chi connectivity index (χ3v) is 9.49. The Morgan fingerprint density at radius 3 is 1.17 bits per heavy atom. The number of aryl methyl sites for hydroxylation is 4. The number of benzene rings is 2. The Morgan fingerprint density at radius 2 is 0.851 bits per heavy atom. The zero-order valence-electron chi connectivity index (χ0n) is 29.1. The minimum absolute atomic E-state index is 0. The van der Waals surface area contributed by atoms with Gasteiger partial charge in [0.25, 0.3) is 0 Å². The van der Waals surface area contributed by atoms with Crippen molar-refractivity contribution in [2.24, 2.45) is 0 Å². The lowest BCUT2D eigenvalue weighted by molar-refractivity contribution is -0.128. The third kappa shape index (κ3) is 12.1. The summed E-state index contributed by atoms with van der Waals surface area (Å²) in [6.45, 7) is 21.7. The molecule has 0 unspecified atom stereocenters. The van der Waals surface area contributed by atoms with E-state index in [1.807, 2.05) is 34.1 Å². The number of nitrogens with zero attached hydrogens (tertiary/aromatic N) is 4. The lowest BCUT2D eigenvalue weighted by Crippen LogP contribution is -2.50. The van der Waals surface area contributed by atoms with Crippen molar-refractivity contribution in [3.8, 4) is 0 Å². The molecule has 47 heavy (non-hydrogen) atoms. The molecule has 2 aliphatic rings. The Hall–Kier alpha value is -3.16. The molecule has 2 aromatic rings. The molecule has 8 heteroatoms. The average molecular weight is 682 g/mol. The molecule has 0 N–H and O–H groups in total. The fourth-order valence-electron chi connectivity index (χ4n) is 6.05. The molecule has 0 aliphatic carbocycles. The van der Waals surface area contributed by atoms with Gasteiger partial charge in [0.15, 0.2) is 0 Å². The van der Waals surface area contributed by atoms with E-state index >= 15 is 0 Å². The molecule has 2 fully saturated rings. The van der Waals surface area contributed by atoms with Gasteiger partial charge in [-0.1, -0.05) is 60.7 Å². The summed E-state index contributed by atoms with van der Waals surface area (Å²) in [5.74, 6) is 0.176. The summed E-state index contributed by atoms with van der Waals surface area (Å²) in [6.07, 6.45) is 16.2. The van der Waals surface area contributed by atoms with Crippen LogP contribution in [0.5, 0.6) is 0 Å². The van der Waals surface area contributed by atoms with Crippen molar-refractivity contribution in [1.29, 1.82) is 0 Å². The molecule has 2 aliphatic heterocycles. The van der Waals surface area contributed by atoms with Crippen molar-refractivity contribution in [1.82, 2.24) is 19.6 Å². The van der Waals surface area contributed by atoms with Crippen LogP contribution in [0.3, 0.4) is 0 Å². The molecule has 0 saturated carbocycles. The predicted octanol–water partition coefficient (Wildman–Crippen LogP) is 6.90. The second-order valence-electron chi connectivity index (χ2n) is 12.7. The maximum Gasteiger partial charge on any atom is 0.246 e. The van der Waals surface area contributed by atoms with Gasteiger partial charge in [-0.25, -0.2) is 0 Å². The highest BCUT2D eigenvalue weighted by molar-refractivity contribution is 5.88. The number of carbonyl (C=O) groups excluding carboxylic acids is 2. The first-order valence-corrected chi connectivity index (χ1v) is 16.5. The minimum Gasteiger partial charge on any atom is -0.337 e. The molecule has 0 atom stereocenters. The molecule has 0 bridgehead atoms. The summed E-state index contributed by atoms with van der Waals surface area (Å²) >= 11 is 0. The Labute approximate surface area is 295 Å². The molecular weight excluding hydrogens is 627 g/mol. The Kier molecular flexibility index (Phi) is 16.7. The number of hydrogen-bond acceptors (Lipinski definition) is 4. The van der Waals surface area contributed by atoms with Crippen LogP contribution in [-0.2, 0) is 9.59 Å². The Morgan fingerprint density at radius 1 is 0.532 bits per heavy atom. The summed E-state index contributed by atoms with van der Waals surface area (Å²) in [6, 6.07) is 8.73. The second kappa shape index (κ2) is 19.6. The highest BCUT2D eigenvalue weighted by atomic mass is 35.5. The van der Waals surface area contributed by atoms with Gasteiger partial charge < -0.3 is 9.80 Å². The average Bonchev–Trinajstić information content (AvgIpc) is 3.03. The largest absolute Gasteiger partial charge is 0.337 e. The smallest absolute Gasteiger partial charge is 0.246 e. The summed E-state index contributed by atoms with van der Waals surface area (Å²) in [5.41, 5.74) is 10.2. The van der Waals surface area contributed by atoms with Gasteiger partial charge in [-0.2, -0.15) is 0 Å².